The predicted octanol–water partition coefficient (Wildman–Crippen LogP) is -0.206. The third kappa shape index (κ3) is 4.42. The van der Waals surface area contributed by atoms with Crippen LogP contribution in [-0.2, 0) is 4.79 Å². The van der Waals surface area contributed by atoms with Crippen LogP contribution in [0.1, 0.15) is 24.8 Å². The molecule has 0 spiro atoms. The number of carbonyl (C=O) groups excluding carboxylic acids is 1. The van der Waals surface area contributed by atoms with Crippen LogP contribution in [0.25, 0.3) is 0 Å². The van der Waals surface area contributed by atoms with Gasteiger partial charge in [0.25, 0.3) is 0 Å². The van der Waals surface area contributed by atoms with Gasteiger partial charge in [-0.05, 0) is 36.0 Å². The number of hydrogen-bond donors (Lipinski definition) is 1. The van der Waals surface area contributed by atoms with E-state index in [4.69, 9.17) is 0 Å². The van der Waals surface area contributed by atoms with E-state index in [1.165, 1.54) is 12.5 Å². The van der Waals surface area contributed by atoms with Gasteiger partial charge in [-0.3, -0.25) is 10.0 Å². The third-order valence-electron chi connectivity index (χ3n) is 2.99. The van der Waals surface area contributed by atoms with Gasteiger partial charge in [0.2, 0.25) is 5.91 Å². The molecule has 1 saturated carbocycles. The van der Waals surface area contributed by atoms with Gasteiger partial charge < -0.3 is 0 Å². The Hall–Kier alpha value is 0.766. The van der Waals surface area contributed by atoms with Crippen LogP contribution in [0.3, 0.4) is 0 Å². The van der Waals surface area contributed by atoms with Gasteiger partial charge in [0.15, 0.2) is 0 Å². The Balaban J connectivity index is 0.00000144. The Bertz CT molecular complexity index is 396. The first-order valence-electron chi connectivity index (χ1n) is 5.30. The number of rotatable bonds is 3. The molecule has 17 heavy (non-hydrogen) atoms. The minimum Gasteiger partial charge on any atom is -0.286 e. The van der Waals surface area contributed by atoms with Gasteiger partial charge in [0, 0.05) is 11.4 Å². The summed E-state index contributed by atoms with van der Waals surface area (Å²) in [6.45, 7) is 1.81. The van der Waals surface area contributed by atoms with Crippen LogP contribution in [0, 0.1) is 5.92 Å². The molecule has 1 aliphatic rings. The largest absolute Gasteiger partial charge is 1.00 e. The van der Waals surface area contributed by atoms with Gasteiger partial charge in [0.1, 0.15) is 0 Å². The van der Waals surface area contributed by atoms with E-state index < -0.39 is 0 Å². The molecule has 0 radical (unpaired) electrons. The zero-order valence-corrected chi connectivity index (χ0v) is 14.8. The Morgan fingerprint density at radius 2 is 2.06 bits per heavy atom. The standard InChI is InChI=1S/C12H14BrNO2.K/c1-8(15)14(16)7-10-6-12(10)9-2-4-11(13)5-3-9;/h2-5,10,12,16H,6-7H2,1H3;/q;+1. The second-order valence-corrected chi connectivity index (χ2v) is 5.17. The topological polar surface area (TPSA) is 40.5 Å². The van der Waals surface area contributed by atoms with E-state index in [2.05, 4.69) is 28.1 Å². The molecule has 0 bridgehead atoms. The quantitative estimate of drug-likeness (QED) is 0.475. The molecular formula is C12H14BrKNO2+. The maximum atomic E-state index is 10.9. The van der Waals surface area contributed by atoms with E-state index in [1.807, 2.05) is 12.1 Å². The maximum absolute atomic E-state index is 10.9. The minimum absolute atomic E-state index is 0. The minimum atomic E-state index is -0.290. The second kappa shape index (κ2) is 6.79. The molecule has 1 aliphatic carbocycles. The molecule has 2 atom stereocenters. The van der Waals surface area contributed by atoms with E-state index >= 15 is 0 Å². The van der Waals surface area contributed by atoms with E-state index in [0.717, 1.165) is 16.0 Å². The van der Waals surface area contributed by atoms with Crippen molar-refractivity contribution >= 4 is 21.8 Å². The Labute approximate surface area is 152 Å². The van der Waals surface area contributed by atoms with Crippen molar-refractivity contribution in [3.05, 3.63) is 34.3 Å². The molecule has 0 saturated heterocycles. The molecule has 86 valence electrons. The molecule has 1 aromatic carbocycles. The molecule has 1 amide bonds. The normalized spacial score (nSPS) is 21.6. The van der Waals surface area contributed by atoms with Gasteiger partial charge >= 0.3 is 51.4 Å². The number of benzene rings is 1. The number of carbonyl (C=O) groups is 1. The van der Waals surface area contributed by atoms with Crippen LogP contribution in [0.5, 0.6) is 0 Å². The number of hydrogen-bond acceptors (Lipinski definition) is 2. The first-order chi connectivity index (χ1) is 7.58. The number of hydroxylamine groups is 2. The Kier molecular flexibility index (Phi) is 6.32. The molecule has 0 aromatic heterocycles. The molecule has 1 N–H and O–H groups in total. The third-order valence-corrected chi connectivity index (χ3v) is 3.52. The molecule has 2 unspecified atom stereocenters. The summed E-state index contributed by atoms with van der Waals surface area (Å²) in [4.78, 5) is 10.9. The molecule has 3 nitrogen and oxygen atoms in total. The smallest absolute Gasteiger partial charge is 0.286 e. The maximum Gasteiger partial charge on any atom is 1.00 e. The first-order valence-corrected chi connectivity index (χ1v) is 6.09. The zero-order chi connectivity index (χ0) is 11.7. The van der Waals surface area contributed by atoms with Crippen LogP contribution >= 0.6 is 15.9 Å². The average molecular weight is 323 g/mol. The summed E-state index contributed by atoms with van der Waals surface area (Å²) in [5, 5.41) is 10.1. The number of nitrogens with zero attached hydrogens (tertiary/aromatic N) is 1. The van der Waals surface area contributed by atoms with E-state index in [9.17, 15) is 10.0 Å². The molecule has 1 fully saturated rings. The fourth-order valence-electron chi connectivity index (χ4n) is 1.92. The van der Waals surface area contributed by atoms with E-state index in [-0.39, 0.29) is 57.3 Å². The van der Waals surface area contributed by atoms with Crippen LogP contribution < -0.4 is 51.4 Å². The summed E-state index contributed by atoms with van der Waals surface area (Å²) < 4.78 is 1.07. The van der Waals surface area contributed by atoms with Crippen molar-refractivity contribution < 1.29 is 61.4 Å². The summed E-state index contributed by atoms with van der Waals surface area (Å²) in [6.07, 6.45) is 1.05. The molecule has 1 aromatic rings. The van der Waals surface area contributed by atoms with Crippen molar-refractivity contribution in [2.24, 2.45) is 5.92 Å². The fraction of sp³-hybridized carbons (Fsp3) is 0.417. The summed E-state index contributed by atoms with van der Waals surface area (Å²) in [5.41, 5.74) is 1.28. The van der Waals surface area contributed by atoms with Gasteiger partial charge in [-0.2, -0.15) is 0 Å². The van der Waals surface area contributed by atoms with Crippen LogP contribution in [-0.4, -0.2) is 22.7 Å². The van der Waals surface area contributed by atoms with Crippen molar-refractivity contribution in [2.75, 3.05) is 6.54 Å². The van der Waals surface area contributed by atoms with Crippen molar-refractivity contribution in [3.8, 4) is 0 Å². The molecule has 5 heteroatoms. The molecule has 2 rings (SSSR count). The summed E-state index contributed by atoms with van der Waals surface area (Å²) in [7, 11) is 0. The van der Waals surface area contributed by atoms with Crippen LogP contribution in [0.2, 0.25) is 0 Å². The molecule has 0 aliphatic heterocycles. The first kappa shape index (κ1) is 15.8. The van der Waals surface area contributed by atoms with E-state index in [1.54, 1.807) is 0 Å². The second-order valence-electron chi connectivity index (χ2n) is 4.25. The van der Waals surface area contributed by atoms with Crippen LogP contribution in [0.4, 0.5) is 0 Å². The SMILES string of the molecule is CC(=O)N(O)CC1CC1c1ccc(Br)cc1.[K+]. The summed E-state index contributed by atoms with van der Waals surface area (Å²) in [6, 6.07) is 8.22. The Morgan fingerprint density at radius 3 is 2.59 bits per heavy atom. The van der Waals surface area contributed by atoms with Gasteiger partial charge in [0.05, 0.1) is 6.54 Å². The van der Waals surface area contributed by atoms with Crippen molar-refractivity contribution in [2.45, 2.75) is 19.3 Å². The average Bonchev–Trinajstić information content (AvgIpc) is 2.98. The number of halogens is 1. The molecule has 0 heterocycles. The van der Waals surface area contributed by atoms with Crippen molar-refractivity contribution in [3.63, 3.8) is 0 Å². The van der Waals surface area contributed by atoms with Crippen molar-refractivity contribution in [1.29, 1.82) is 0 Å². The zero-order valence-electron chi connectivity index (χ0n) is 10.1. The molecular weight excluding hydrogens is 309 g/mol. The van der Waals surface area contributed by atoms with Crippen molar-refractivity contribution in [1.82, 2.24) is 5.06 Å². The predicted molar refractivity (Wildman–Crippen MR) is 64.2 cm³/mol. The van der Waals surface area contributed by atoms with Gasteiger partial charge in [-0.25, -0.2) is 5.06 Å². The summed E-state index contributed by atoms with van der Waals surface area (Å²) >= 11 is 3.40. The van der Waals surface area contributed by atoms with Gasteiger partial charge in [-0.15, -0.1) is 0 Å². The van der Waals surface area contributed by atoms with Crippen LogP contribution in [0.15, 0.2) is 28.7 Å². The Morgan fingerprint density at radius 1 is 1.47 bits per heavy atom. The van der Waals surface area contributed by atoms with E-state index in [0.29, 0.717) is 18.4 Å². The summed E-state index contributed by atoms with van der Waals surface area (Å²) in [5.74, 6) is 0.596. The van der Waals surface area contributed by atoms with Gasteiger partial charge in [-0.1, -0.05) is 28.1 Å². The fourth-order valence-corrected chi connectivity index (χ4v) is 2.18. The number of amides is 1. The monoisotopic (exact) mass is 322 g/mol.